The van der Waals surface area contributed by atoms with E-state index >= 15 is 0 Å². The number of hydrogen-bond donors (Lipinski definition) is 1. The lowest BCUT2D eigenvalue weighted by atomic mass is 10.1. The van der Waals surface area contributed by atoms with E-state index in [0.717, 1.165) is 11.3 Å². The zero-order chi connectivity index (χ0) is 21.3. The normalized spacial score (nSPS) is 15.2. The summed E-state index contributed by atoms with van der Waals surface area (Å²) in [5, 5.41) is 0.0360. The maximum atomic E-state index is 13.0. The van der Waals surface area contributed by atoms with Crippen LogP contribution in [0.4, 0.5) is 0 Å². The van der Waals surface area contributed by atoms with E-state index in [9.17, 15) is 9.59 Å². The molecule has 0 unspecified atom stereocenters. The Hall–Kier alpha value is -2.28. The average molecular weight is 405 g/mol. The fraction of sp³-hybridized carbons (Fsp3) is 0.524. The Morgan fingerprint density at radius 1 is 1.36 bits per heavy atom. The van der Waals surface area contributed by atoms with Gasteiger partial charge in [0.2, 0.25) is 14.2 Å². The van der Waals surface area contributed by atoms with Gasteiger partial charge in [0.25, 0.3) is 5.91 Å². The molecule has 2 amide bonds. The number of hydrogen-bond acceptors (Lipinski definition) is 4. The lowest BCUT2D eigenvalue weighted by Crippen LogP contribution is -2.45. The van der Waals surface area contributed by atoms with E-state index < -0.39 is 20.3 Å². The molecule has 1 aromatic carbocycles. The van der Waals surface area contributed by atoms with Gasteiger partial charge in [-0.3, -0.25) is 9.59 Å². The first-order valence-electron chi connectivity index (χ1n) is 9.52. The molecule has 1 atom stereocenters. The van der Waals surface area contributed by atoms with Crippen LogP contribution in [0.1, 0.15) is 49.5 Å². The highest BCUT2D eigenvalue weighted by Crippen LogP contribution is 2.40. The number of amides is 2. The lowest BCUT2D eigenvalue weighted by Gasteiger charge is -2.37. The van der Waals surface area contributed by atoms with Crippen molar-refractivity contribution < 1.29 is 18.8 Å². The summed E-state index contributed by atoms with van der Waals surface area (Å²) < 4.78 is 11.5. The Morgan fingerprint density at radius 2 is 2.00 bits per heavy atom. The third-order valence-corrected chi connectivity index (χ3v) is 10.2. The Morgan fingerprint density at radius 3 is 2.54 bits per heavy atom. The number of methoxy groups -OCH3 is 1. The summed E-state index contributed by atoms with van der Waals surface area (Å²) in [6.07, 6.45) is 0.831. The maximum Gasteiger partial charge on any atom is 0.255 e. The van der Waals surface area contributed by atoms with Crippen LogP contribution in [0.25, 0.3) is 0 Å². The van der Waals surface area contributed by atoms with Gasteiger partial charge in [-0.1, -0.05) is 33.4 Å². The van der Waals surface area contributed by atoms with E-state index in [2.05, 4.69) is 40.4 Å². The van der Waals surface area contributed by atoms with E-state index in [1.807, 2.05) is 12.1 Å². The molecule has 0 aromatic heterocycles. The van der Waals surface area contributed by atoms with Gasteiger partial charge in [-0.2, -0.15) is 0 Å². The van der Waals surface area contributed by atoms with E-state index in [0.29, 0.717) is 30.7 Å². The van der Waals surface area contributed by atoms with Crippen molar-refractivity contribution >= 4 is 20.1 Å². The number of allylic oxidation sites excluding steroid dienone is 1. The molecule has 2 N–H and O–H groups in total. The van der Waals surface area contributed by atoms with Crippen LogP contribution < -0.4 is 10.2 Å². The fourth-order valence-corrected chi connectivity index (χ4v) is 4.00. The summed E-state index contributed by atoms with van der Waals surface area (Å²) in [6.45, 7) is 14.9. The molecule has 1 heterocycles. The van der Waals surface area contributed by atoms with Gasteiger partial charge in [0.1, 0.15) is 11.8 Å². The van der Waals surface area contributed by atoms with Crippen LogP contribution in [-0.2, 0) is 16.1 Å². The highest BCUT2D eigenvalue weighted by Gasteiger charge is 2.41. The van der Waals surface area contributed by atoms with Gasteiger partial charge in [0.15, 0.2) is 0 Å². The Bertz CT molecular complexity index is 783. The minimum absolute atomic E-state index is 0.0360. The van der Waals surface area contributed by atoms with Crippen molar-refractivity contribution in [1.29, 1.82) is 0 Å². The number of nitrogens with two attached hydrogens (primary N) is 1. The topological polar surface area (TPSA) is 81.9 Å². The van der Waals surface area contributed by atoms with Crippen molar-refractivity contribution in [2.75, 3.05) is 7.11 Å². The van der Waals surface area contributed by atoms with Crippen LogP contribution in [-0.4, -0.2) is 38.2 Å². The molecule has 1 aromatic rings. The number of carbonyl (C=O) groups excluding carboxylic acids is 2. The van der Waals surface area contributed by atoms with Crippen molar-refractivity contribution in [3.05, 3.63) is 41.7 Å². The molecule has 1 aliphatic heterocycles. The highest BCUT2D eigenvalue weighted by molar-refractivity contribution is 6.74. The Balaban J connectivity index is 2.31. The first-order valence-corrected chi connectivity index (χ1v) is 12.4. The molecule has 154 valence electrons. The third-order valence-electron chi connectivity index (χ3n) is 5.81. The van der Waals surface area contributed by atoms with Gasteiger partial charge >= 0.3 is 0 Å². The highest BCUT2D eigenvalue weighted by atomic mass is 28.4. The molecule has 0 saturated heterocycles. The summed E-state index contributed by atoms with van der Waals surface area (Å²) in [4.78, 5) is 26.6. The van der Waals surface area contributed by atoms with Gasteiger partial charge in [-0.15, -0.1) is 0 Å². The second-order valence-electron chi connectivity index (χ2n) is 8.78. The van der Waals surface area contributed by atoms with Crippen LogP contribution in [0, 0.1) is 0 Å². The number of rotatable bonds is 8. The third kappa shape index (κ3) is 4.40. The standard InChI is InChI=1S/C21H32N2O4Si/c1-14(26-5)11-12-17(19(22)24)23-13-16-15(20(23)25)9-8-10-18(16)27-28(6,7)21(2,3)4/h8-10,17H,1,11-13H2,2-7H3,(H2,22,24)/t17-/m0/s1. The second-order valence-corrected chi connectivity index (χ2v) is 13.5. The molecule has 0 spiro atoms. The lowest BCUT2D eigenvalue weighted by molar-refractivity contribution is -0.122. The summed E-state index contributed by atoms with van der Waals surface area (Å²) in [6, 6.07) is 4.80. The van der Waals surface area contributed by atoms with Gasteiger partial charge in [0.05, 0.1) is 19.4 Å². The number of ether oxygens (including phenoxy) is 1. The largest absolute Gasteiger partial charge is 0.543 e. The van der Waals surface area contributed by atoms with Crippen molar-refractivity contribution in [2.45, 2.75) is 64.3 Å². The van der Waals surface area contributed by atoms with Crippen LogP contribution in [0.15, 0.2) is 30.5 Å². The van der Waals surface area contributed by atoms with Gasteiger partial charge in [0, 0.05) is 17.5 Å². The molecule has 7 heteroatoms. The zero-order valence-electron chi connectivity index (χ0n) is 17.8. The van der Waals surface area contributed by atoms with Crippen LogP contribution in [0.2, 0.25) is 18.1 Å². The quantitative estimate of drug-likeness (QED) is 0.527. The van der Waals surface area contributed by atoms with Crippen molar-refractivity contribution in [2.24, 2.45) is 5.73 Å². The molecule has 0 aliphatic carbocycles. The SMILES string of the molecule is C=C(CC[C@@H](C(N)=O)N1Cc2c(O[Si](C)(C)C(C)(C)C)cccc2C1=O)OC. The Labute approximate surface area is 168 Å². The maximum absolute atomic E-state index is 13.0. The molecular weight excluding hydrogens is 372 g/mol. The summed E-state index contributed by atoms with van der Waals surface area (Å²) in [7, 11) is -0.535. The predicted octanol–water partition coefficient (Wildman–Crippen LogP) is 3.82. The van der Waals surface area contributed by atoms with E-state index in [1.54, 1.807) is 6.07 Å². The molecule has 0 bridgehead atoms. The Kier molecular flexibility index (Phi) is 6.28. The number of benzene rings is 1. The molecule has 28 heavy (non-hydrogen) atoms. The van der Waals surface area contributed by atoms with Gasteiger partial charge < -0.3 is 19.8 Å². The average Bonchev–Trinajstić information content (AvgIpc) is 2.91. The van der Waals surface area contributed by atoms with Gasteiger partial charge in [-0.05, 0) is 36.7 Å². The molecule has 0 saturated carbocycles. The van der Waals surface area contributed by atoms with Crippen LogP contribution in [0.5, 0.6) is 5.75 Å². The van der Waals surface area contributed by atoms with Crippen molar-refractivity contribution in [3.63, 3.8) is 0 Å². The number of nitrogens with zero attached hydrogens (tertiary/aromatic N) is 1. The molecular formula is C21H32N2O4Si. The first kappa shape index (κ1) is 22.0. The van der Waals surface area contributed by atoms with E-state index in [1.165, 1.54) is 12.0 Å². The molecule has 2 rings (SSSR count). The fourth-order valence-electron chi connectivity index (χ4n) is 2.95. The first-order chi connectivity index (χ1) is 12.9. The molecule has 0 radical (unpaired) electrons. The number of fused-ring (bicyclic) bond motifs is 1. The van der Waals surface area contributed by atoms with Crippen molar-refractivity contribution in [1.82, 2.24) is 4.90 Å². The number of primary amides is 1. The predicted molar refractivity (Wildman–Crippen MR) is 113 cm³/mol. The summed E-state index contributed by atoms with van der Waals surface area (Å²) in [5.41, 5.74) is 7.02. The van der Waals surface area contributed by atoms with E-state index in [-0.39, 0.29) is 10.9 Å². The summed E-state index contributed by atoms with van der Waals surface area (Å²) in [5.74, 6) is 0.557. The minimum atomic E-state index is -2.07. The van der Waals surface area contributed by atoms with E-state index in [4.69, 9.17) is 14.9 Å². The molecule has 0 fully saturated rings. The minimum Gasteiger partial charge on any atom is -0.543 e. The summed E-state index contributed by atoms with van der Waals surface area (Å²) >= 11 is 0. The molecule has 6 nitrogen and oxygen atoms in total. The van der Waals surface area contributed by atoms with Crippen LogP contribution >= 0.6 is 0 Å². The smallest absolute Gasteiger partial charge is 0.255 e. The van der Waals surface area contributed by atoms with Crippen LogP contribution in [0.3, 0.4) is 0 Å². The zero-order valence-corrected chi connectivity index (χ0v) is 18.8. The number of carbonyl (C=O) groups is 2. The monoisotopic (exact) mass is 404 g/mol. The molecule has 1 aliphatic rings. The second kappa shape index (κ2) is 7.99. The van der Waals surface area contributed by atoms with Gasteiger partial charge in [-0.25, -0.2) is 0 Å². The van der Waals surface area contributed by atoms with Crippen molar-refractivity contribution in [3.8, 4) is 5.75 Å².